The third-order valence-corrected chi connectivity index (χ3v) is 3.39. The van der Waals surface area contributed by atoms with E-state index < -0.39 is 0 Å². The van der Waals surface area contributed by atoms with Gasteiger partial charge in [0.25, 0.3) is 0 Å². The minimum atomic E-state index is 0.597. The van der Waals surface area contributed by atoms with Gasteiger partial charge in [-0.1, -0.05) is 39.0 Å². The summed E-state index contributed by atoms with van der Waals surface area (Å²) in [5.41, 5.74) is 2.26. The first-order valence-electron chi connectivity index (χ1n) is 7.25. The van der Waals surface area contributed by atoms with Crippen LogP contribution in [0.25, 0.3) is 11.0 Å². The molecular formula is C17H25NO. The Balaban J connectivity index is 1.95. The molecular weight excluding hydrogens is 234 g/mol. The van der Waals surface area contributed by atoms with Crippen molar-refractivity contribution in [1.82, 2.24) is 5.32 Å². The highest BCUT2D eigenvalue weighted by atomic mass is 16.3. The summed E-state index contributed by atoms with van der Waals surface area (Å²) in [6, 6.07) is 8.49. The summed E-state index contributed by atoms with van der Waals surface area (Å²) in [4.78, 5) is 0. The molecule has 1 aromatic carbocycles. The minimum absolute atomic E-state index is 0.597. The Morgan fingerprint density at radius 1 is 1.16 bits per heavy atom. The summed E-state index contributed by atoms with van der Waals surface area (Å²) in [5.74, 6) is 2.41. The van der Waals surface area contributed by atoms with Crippen molar-refractivity contribution in [3.05, 3.63) is 35.6 Å². The average molecular weight is 259 g/mol. The monoisotopic (exact) mass is 259 g/mol. The maximum atomic E-state index is 5.97. The summed E-state index contributed by atoms with van der Waals surface area (Å²) in [6.07, 6.45) is 0.999. The van der Waals surface area contributed by atoms with E-state index in [2.05, 4.69) is 57.3 Å². The lowest BCUT2D eigenvalue weighted by Gasteiger charge is -2.12. The molecule has 0 aliphatic heterocycles. The van der Waals surface area contributed by atoms with Crippen LogP contribution in [0.2, 0.25) is 0 Å². The van der Waals surface area contributed by atoms with Crippen LogP contribution in [0, 0.1) is 18.8 Å². The van der Waals surface area contributed by atoms with Crippen LogP contribution in [0.3, 0.4) is 0 Å². The van der Waals surface area contributed by atoms with Crippen molar-refractivity contribution in [2.24, 2.45) is 11.8 Å². The van der Waals surface area contributed by atoms with Crippen molar-refractivity contribution in [3.63, 3.8) is 0 Å². The van der Waals surface area contributed by atoms with Crippen molar-refractivity contribution in [3.8, 4) is 0 Å². The zero-order valence-corrected chi connectivity index (χ0v) is 12.5. The van der Waals surface area contributed by atoms with E-state index in [9.17, 15) is 0 Å². The van der Waals surface area contributed by atoms with Gasteiger partial charge in [0.2, 0.25) is 0 Å². The molecule has 1 N–H and O–H groups in total. The Labute approximate surface area is 116 Å². The quantitative estimate of drug-likeness (QED) is 0.842. The van der Waals surface area contributed by atoms with E-state index in [1.165, 1.54) is 10.9 Å². The number of fused-ring (bicyclic) bond motifs is 1. The zero-order chi connectivity index (χ0) is 13.8. The van der Waals surface area contributed by atoms with Gasteiger partial charge in [0, 0.05) is 11.8 Å². The van der Waals surface area contributed by atoms with Crippen LogP contribution in [0.15, 0.2) is 28.7 Å². The molecule has 104 valence electrons. The minimum Gasteiger partial charge on any atom is -0.461 e. The van der Waals surface area contributed by atoms with Crippen LogP contribution in [0.1, 0.15) is 32.1 Å². The number of furan rings is 1. The molecule has 0 bridgehead atoms. The molecule has 0 fully saturated rings. The van der Waals surface area contributed by atoms with Gasteiger partial charge in [-0.15, -0.1) is 0 Å². The van der Waals surface area contributed by atoms with Crippen LogP contribution in [-0.4, -0.2) is 13.1 Å². The lowest BCUT2D eigenvalue weighted by atomic mass is 10.1. The van der Waals surface area contributed by atoms with Crippen LogP contribution in [0.5, 0.6) is 0 Å². The van der Waals surface area contributed by atoms with Crippen molar-refractivity contribution in [2.45, 2.75) is 34.1 Å². The van der Waals surface area contributed by atoms with Crippen LogP contribution < -0.4 is 5.32 Å². The van der Waals surface area contributed by atoms with E-state index in [0.29, 0.717) is 11.8 Å². The van der Waals surface area contributed by atoms with E-state index in [4.69, 9.17) is 4.42 Å². The third-order valence-electron chi connectivity index (χ3n) is 3.39. The molecule has 1 unspecified atom stereocenters. The second-order valence-corrected chi connectivity index (χ2v) is 6.07. The van der Waals surface area contributed by atoms with Crippen LogP contribution in [-0.2, 0) is 6.42 Å². The molecule has 2 rings (SSSR count). The van der Waals surface area contributed by atoms with Gasteiger partial charge in [0.05, 0.1) is 0 Å². The van der Waals surface area contributed by atoms with Crippen molar-refractivity contribution < 1.29 is 4.42 Å². The highest BCUT2D eigenvalue weighted by Crippen LogP contribution is 2.24. The standard InChI is InChI=1S/C17H25NO/c1-12(2)10-18-11-13(3)8-16-9-15-7-5-6-14(4)17(15)19-16/h5-7,9,12-13,18H,8,10-11H2,1-4H3. The summed E-state index contributed by atoms with van der Waals surface area (Å²) in [6.45, 7) is 11.0. The molecule has 2 heteroatoms. The molecule has 0 aliphatic rings. The molecule has 1 aromatic heterocycles. The number of para-hydroxylation sites is 1. The van der Waals surface area contributed by atoms with Crippen LogP contribution >= 0.6 is 0 Å². The van der Waals surface area contributed by atoms with Crippen LogP contribution in [0.4, 0.5) is 0 Å². The van der Waals surface area contributed by atoms with E-state index in [0.717, 1.165) is 30.9 Å². The fourth-order valence-electron chi connectivity index (χ4n) is 2.40. The van der Waals surface area contributed by atoms with Gasteiger partial charge >= 0.3 is 0 Å². The number of nitrogens with one attached hydrogen (secondary N) is 1. The van der Waals surface area contributed by atoms with Gasteiger partial charge in [0.15, 0.2) is 0 Å². The largest absolute Gasteiger partial charge is 0.461 e. The van der Waals surface area contributed by atoms with Crippen molar-refractivity contribution >= 4 is 11.0 Å². The van der Waals surface area contributed by atoms with E-state index >= 15 is 0 Å². The zero-order valence-electron chi connectivity index (χ0n) is 12.5. The van der Waals surface area contributed by atoms with E-state index in [1.807, 2.05) is 0 Å². The number of hydrogen-bond acceptors (Lipinski definition) is 2. The molecule has 0 spiro atoms. The molecule has 2 nitrogen and oxygen atoms in total. The number of benzene rings is 1. The Hall–Kier alpha value is -1.28. The maximum absolute atomic E-state index is 5.97. The number of rotatable bonds is 6. The average Bonchev–Trinajstić information content (AvgIpc) is 2.72. The predicted molar refractivity (Wildman–Crippen MR) is 81.5 cm³/mol. The molecule has 0 aliphatic carbocycles. The third kappa shape index (κ3) is 3.84. The van der Waals surface area contributed by atoms with Gasteiger partial charge in [0.1, 0.15) is 11.3 Å². The molecule has 0 saturated heterocycles. The Morgan fingerprint density at radius 3 is 2.63 bits per heavy atom. The van der Waals surface area contributed by atoms with Crippen molar-refractivity contribution in [2.75, 3.05) is 13.1 Å². The normalized spacial score (nSPS) is 13.3. The topological polar surface area (TPSA) is 25.2 Å². The fraction of sp³-hybridized carbons (Fsp3) is 0.529. The summed E-state index contributed by atoms with van der Waals surface area (Å²) < 4.78 is 5.97. The first kappa shape index (κ1) is 14.1. The second-order valence-electron chi connectivity index (χ2n) is 6.07. The highest BCUT2D eigenvalue weighted by Gasteiger charge is 2.10. The van der Waals surface area contributed by atoms with Gasteiger partial charge in [-0.25, -0.2) is 0 Å². The number of hydrogen-bond donors (Lipinski definition) is 1. The first-order valence-corrected chi connectivity index (χ1v) is 7.25. The second kappa shape index (κ2) is 6.25. The summed E-state index contributed by atoms with van der Waals surface area (Å²) in [7, 11) is 0. The predicted octanol–water partition coefficient (Wildman–Crippen LogP) is 4.17. The number of aryl methyl sites for hydroxylation is 1. The molecule has 2 aromatic rings. The van der Waals surface area contributed by atoms with Gasteiger partial charge < -0.3 is 9.73 Å². The van der Waals surface area contributed by atoms with Crippen molar-refractivity contribution in [1.29, 1.82) is 0 Å². The Kier molecular flexibility index (Phi) is 4.65. The van der Waals surface area contributed by atoms with Gasteiger partial charge in [-0.05, 0) is 43.5 Å². The lowest BCUT2D eigenvalue weighted by molar-refractivity contribution is 0.437. The lowest BCUT2D eigenvalue weighted by Crippen LogP contribution is -2.26. The Bertz CT molecular complexity index is 527. The molecule has 1 atom stereocenters. The highest BCUT2D eigenvalue weighted by molar-refractivity contribution is 5.80. The summed E-state index contributed by atoms with van der Waals surface area (Å²) >= 11 is 0. The van der Waals surface area contributed by atoms with E-state index in [1.54, 1.807) is 0 Å². The molecule has 0 radical (unpaired) electrons. The Morgan fingerprint density at radius 2 is 1.95 bits per heavy atom. The van der Waals surface area contributed by atoms with Gasteiger partial charge in [-0.2, -0.15) is 0 Å². The molecule has 19 heavy (non-hydrogen) atoms. The maximum Gasteiger partial charge on any atom is 0.137 e. The molecule has 0 saturated carbocycles. The summed E-state index contributed by atoms with van der Waals surface area (Å²) in [5, 5.41) is 4.73. The fourth-order valence-corrected chi connectivity index (χ4v) is 2.40. The van der Waals surface area contributed by atoms with Gasteiger partial charge in [-0.3, -0.25) is 0 Å². The molecule has 0 amide bonds. The SMILES string of the molecule is Cc1cccc2cc(CC(C)CNCC(C)C)oc12. The van der Waals surface area contributed by atoms with E-state index in [-0.39, 0.29) is 0 Å². The molecule has 1 heterocycles. The first-order chi connectivity index (χ1) is 9.06. The smallest absolute Gasteiger partial charge is 0.137 e.